The van der Waals surface area contributed by atoms with E-state index in [1.807, 2.05) is 6.92 Å². The van der Waals surface area contributed by atoms with Crippen molar-refractivity contribution in [2.75, 3.05) is 14.2 Å². The molecular weight excluding hydrogens is 265 g/mol. The van der Waals surface area contributed by atoms with E-state index in [1.165, 1.54) is 20.3 Å². The fourth-order valence-corrected chi connectivity index (χ4v) is 2.43. The predicted molar refractivity (Wildman–Crippen MR) is 65.8 cm³/mol. The summed E-state index contributed by atoms with van der Waals surface area (Å²) in [4.78, 5) is 13.1. The van der Waals surface area contributed by atoms with Crippen LogP contribution in [0.5, 0.6) is 0 Å². The van der Waals surface area contributed by atoms with Gasteiger partial charge in [-0.3, -0.25) is 0 Å². The summed E-state index contributed by atoms with van der Waals surface area (Å²) in [6.45, 7) is 1.86. The maximum Gasteiger partial charge on any atom is 0.240 e. The minimum absolute atomic E-state index is 0.209. The molecule has 0 fully saturated rings. The van der Waals surface area contributed by atoms with Crippen LogP contribution in [0.1, 0.15) is 13.3 Å². The molecule has 0 radical (unpaired) electrons. The normalized spacial score (nSPS) is 28.5. The number of allylic oxidation sites excluding steroid dienone is 1. The van der Waals surface area contributed by atoms with Crippen molar-refractivity contribution in [3.8, 4) is 0 Å². The van der Waals surface area contributed by atoms with Gasteiger partial charge in [0.25, 0.3) is 0 Å². The van der Waals surface area contributed by atoms with Crippen LogP contribution < -0.4 is 0 Å². The quantitative estimate of drug-likeness (QED) is 0.451. The molecule has 0 aliphatic heterocycles. The fourth-order valence-electron chi connectivity index (χ4n) is 1.75. The van der Waals surface area contributed by atoms with Crippen molar-refractivity contribution >= 4 is 29.3 Å². The second-order valence-corrected chi connectivity index (χ2v) is 4.53. The van der Waals surface area contributed by atoms with Crippen LogP contribution in [0, 0.1) is 0 Å². The summed E-state index contributed by atoms with van der Waals surface area (Å²) in [5, 5.41) is 0.209. The van der Waals surface area contributed by atoms with Gasteiger partial charge in [0.2, 0.25) is 6.08 Å². The van der Waals surface area contributed by atoms with E-state index in [2.05, 4.69) is 4.99 Å². The summed E-state index contributed by atoms with van der Waals surface area (Å²) in [5.74, 6) is 0.386. The van der Waals surface area contributed by atoms with Crippen LogP contribution in [0.4, 0.5) is 0 Å². The number of isocyanates is 1. The molecule has 1 rings (SSSR count). The molecule has 0 N–H and O–H groups in total. The van der Waals surface area contributed by atoms with Gasteiger partial charge >= 0.3 is 0 Å². The lowest BCUT2D eigenvalue weighted by Gasteiger charge is -2.35. The van der Waals surface area contributed by atoms with E-state index >= 15 is 0 Å². The first kappa shape index (κ1) is 14.3. The third kappa shape index (κ3) is 2.40. The number of carbonyl (C=O) groups excluding carboxylic acids is 1. The summed E-state index contributed by atoms with van der Waals surface area (Å²) >= 11 is 12.5. The molecule has 0 heterocycles. The van der Waals surface area contributed by atoms with Crippen molar-refractivity contribution in [3.05, 3.63) is 22.6 Å². The van der Waals surface area contributed by atoms with Crippen molar-refractivity contribution in [1.82, 2.24) is 0 Å². The van der Waals surface area contributed by atoms with E-state index in [1.54, 1.807) is 6.08 Å². The van der Waals surface area contributed by atoms with Gasteiger partial charge < -0.3 is 9.47 Å². The molecule has 1 aliphatic rings. The highest BCUT2D eigenvalue weighted by atomic mass is 35.5. The lowest BCUT2D eigenvalue weighted by molar-refractivity contribution is 0.104. The van der Waals surface area contributed by atoms with Gasteiger partial charge in [-0.25, -0.2) is 4.79 Å². The van der Waals surface area contributed by atoms with Gasteiger partial charge in [0, 0.05) is 7.11 Å². The molecule has 2 unspecified atom stereocenters. The number of rotatable bonds is 4. The summed E-state index contributed by atoms with van der Waals surface area (Å²) in [7, 11) is 2.99. The van der Waals surface area contributed by atoms with Gasteiger partial charge in [0.05, 0.1) is 12.8 Å². The smallest absolute Gasteiger partial charge is 0.240 e. The molecule has 2 atom stereocenters. The van der Waals surface area contributed by atoms with Crippen LogP contribution in [-0.4, -0.2) is 31.3 Å². The minimum Gasteiger partial charge on any atom is -0.495 e. The zero-order valence-electron chi connectivity index (χ0n) is 9.79. The third-order valence-electron chi connectivity index (χ3n) is 2.72. The number of ether oxygens (including phenoxy) is 2. The molecule has 0 aromatic carbocycles. The molecule has 0 spiro atoms. The average molecular weight is 278 g/mol. The van der Waals surface area contributed by atoms with Gasteiger partial charge in [-0.15, -0.1) is 11.6 Å². The van der Waals surface area contributed by atoms with Crippen molar-refractivity contribution in [3.63, 3.8) is 0 Å². The zero-order valence-corrected chi connectivity index (χ0v) is 11.3. The zero-order chi connectivity index (χ0) is 13.1. The Morgan fingerprint density at radius 2 is 2.24 bits per heavy atom. The molecule has 0 saturated heterocycles. The molecule has 0 bridgehead atoms. The minimum atomic E-state index is -0.981. The number of alkyl halides is 1. The van der Waals surface area contributed by atoms with Crippen molar-refractivity contribution < 1.29 is 14.3 Å². The highest BCUT2D eigenvalue weighted by molar-refractivity contribution is 6.35. The van der Waals surface area contributed by atoms with Crippen LogP contribution in [0.2, 0.25) is 0 Å². The Morgan fingerprint density at radius 1 is 1.59 bits per heavy atom. The molecule has 6 heteroatoms. The topological polar surface area (TPSA) is 47.9 Å². The number of methoxy groups -OCH3 is 2. The average Bonchev–Trinajstić information content (AvgIpc) is 2.35. The Labute approximate surface area is 110 Å². The van der Waals surface area contributed by atoms with E-state index in [0.29, 0.717) is 12.2 Å². The first-order chi connectivity index (χ1) is 8.04. The van der Waals surface area contributed by atoms with Crippen LogP contribution in [-0.2, 0) is 14.3 Å². The Bertz CT molecular complexity index is 413. The maximum atomic E-state index is 10.5. The molecule has 4 nitrogen and oxygen atoms in total. The van der Waals surface area contributed by atoms with Crippen LogP contribution in [0.3, 0.4) is 0 Å². The second-order valence-electron chi connectivity index (χ2n) is 3.47. The van der Waals surface area contributed by atoms with E-state index in [4.69, 9.17) is 32.7 Å². The fraction of sp³-hybridized carbons (Fsp3) is 0.545. The molecular formula is C11H13Cl2NO3. The first-order valence-electron chi connectivity index (χ1n) is 5.01. The van der Waals surface area contributed by atoms with E-state index < -0.39 is 11.0 Å². The van der Waals surface area contributed by atoms with Crippen LogP contribution in [0.15, 0.2) is 27.6 Å². The highest BCUT2D eigenvalue weighted by Crippen LogP contribution is 2.44. The Balaban J connectivity index is 3.40. The van der Waals surface area contributed by atoms with Gasteiger partial charge in [0.1, 0.15) is 21.8 Å². The molecule has 94 valence electrons. The summed E-state index contributed by atoms with van der Waals surface area (Å²) in [5.41, 5.74) is 0.226. The van der Waals surface area contributed by atoms with Crippen LogP contribution in [0.25, 0.3) is 0 Å². The summed E-state index contributed by atoms with van der Waals surface area (Å²) in [6, 6.07) is 0. The number of aliphatic imine (C=N–C) groups is 1. The number of nitrogens with zero attached hydrogens (tertiary/aromatic N) is 1. The Hall–Kier alpha value is -0.800. The van der Waals surface area contributed by atoms with Crippen LogP contribution >= 0.6 is 23.2 Å². The highest BCUT2D eigenvalue weighted by Gasteiger charge is 2.44. The van der Waals surface area contributed by atoms with E-state index in [9.17, 15) is 4.79 Å². The third-order valence-corrected chi connectivity index (χ3v) is 3.74. The summed E-state index contributed by atoms with van der Waals surface area (Å²) < 4.78 is 10.4. The number of halogens is 2. The van der Waals surface area contributed by atoms with Crippen molar-refractivity contribution in [2.45, 2.75) is 24.3 Å². The van der Waals surface area contributed by atoms with Gasteiger partial charge in [0.15, 0.2) is 0 Å². The van der Waals surface area contributed by atoms with Gasteiger partial charge in [-0.05, 0) is 12.5 Å². The predicted octanol–water partition coefficient (Wildman–Crippen LogP) is 2.72. The molecule has 0 aromatic rings. The molecule has 0 amide bonds. The van der Waals surface area contributed by atoms with E-state index in [0.717, 1.165) is 0 Å². The standard InChI is InChI=1S/C11H13Cl2NO3/c1-4-11(13)8(17-3)5-7(16-2)9(12)10(11)14-6-15/h5,8H,4H2,1-3H3. The SMILES string of the molecule is CCC1(Cl)C(N=C=O)=C(Cl)C(OC)=CC1OC. The molecule has 17 heavy (non-hydrogen) atoms. The Morgan fingerprint density at radius 3 is 2.65 bits per heavy atom. The summed E-state index contributed by atoms with van der Waals surface area (Å²) in [6.07, 6.45) is 3.15. The number of hydrogen-bond acceptors (Lipinski definition) is 4. The molecule has 1 aliphatic carbocycles. The van der Waals surface area contributed by atoms with Crippen molar-refractivity contribution in [2.24, 2.45) is 4.99 Å². The second kappa shape index (κ2) is 5.69. The molecule has 0 saturated carbocycles. The molecule has 0 aromatic heterocycles. The lowest BCUT2D eigenvalue weighted by Crippen LogP contribution is -2.41. The monoisotopic (exact) mass is 277 g/mol. The van der Waals surface area contributed by atoms with Gasteiger partial charge in [-0.2, -0.15) is 4.99 Å². The lowest BCUT2D eigenvalue weighted by atomic mass is 9.89. The van der Waals surface area contributed by atoms with E-state index in [-0.39, 0.29) is 10.7 Å². The maximum absolute atomic E-state index is 10.5. The van der Waals surface area contributed by atoms with Crippen molar-refractivity contribution in [1.29, 1.82) is 0 Å². The largest absolute Gasteiger partial charge is 0.495 e. The van der Waals surface area contributed by atoms with Gasteiger partial charge in [-0.1, -0.05) is 18.5 Å². The Kier molecular flexibility index (Phi) is 4.78. The number of hydrogen-bond donors (Lipinski definition) is 0. The first-order valence-corrected chi connectivity index (χ1v) is 5.76.